The van der Waals surface area contributed by atoms with Gasteiger partial charge in [0.1, 0.15) is 12.3 Å². The Morgan fingerprint density at radius 2 is 1.81 bits per heavy atom. The van der Waals surface area contributed by atoms with Gasteiger partial charge in [0.25, 0.3) is 5.91 Å². The van der Waals surface area contributed by atoms with Gasteiger partial charge in [-0.1, -0.05) is 18.2 Å². The number of amides is 1. The van der Waals surface area contributed by atoms with Gasteiger partial charge in [-0.3, -0.25) is 4.79 Å². The Morgan fingerprint density at radius 1 is 1.14 bits per heavy atom. The Labute approximate surface area is 125 Å². The molecule has 1 unspecified atom stereocenters. The first-order chi connectivity index (χ1) is 9.95. The molecule has 0 aliphatic carbocycles. The van der Waals surface area contributed by atoms with Crippen LogP contribution in [-0.4, -0.2) is 19.5 Å². The number of quaternary nitrogens is 1. The maximum Gasteiger partial charge on any atom is 0.279 e. The SMILES string of the molecule is Cc1ccc(C[NH+](C)CC(=O)Nc2c(C)cccc2C)o1. The highest BCUT2D eigenvalue weighted by Crippen LogP contribution is 2.18. The second kappa shape index (κ2) is 6.59. The fraction of sp³-hybridized carbons (Fsp3) is 0.353. The van der Waals surface area contributed by atoms with Crippen molar-refractivity contribution in [2.75, 3.05) is 18.9 Å². The normalized spacial score (nSPS) is 12.2. The molecule has 2 N–H and O–H groups in total. The Kier molecular flexibility index (Phi) is 4.81. The lowest BCUT2D eigenvalue weighted by Crippen LogP contribution is -3.08. The zero-order valence-corrected chi connectivity index (χ0v) is 13.1. The van der Waals surface area contributed by atoms with E-state index in [9.17, 15) is 4.79 Å². The summed E-state index contributed by atoms with van der Waals surface area (Å²) in [6, 6.07) is 9.91. The van der Waals surface area contributed by atoms with Gasteiger partial charge >= 0.3 is 0 Å². The van der Waals surface area contributed by atoms with E-state index in [1.165, 1.54) is 0 Å². The van der Waals surface area contributed by atoms with Crippen LogP contribution in [0.3, 0.4) is 0 Å². The molecule has 0 aliphatic rings. The Balaban J connectivity index is 1.92. The summed E-state index contributed by atoms with van der Waals surface area (Å²) in [4.78, 5) is 13.3. The molecular formula is C17H23N2O2+. The average Bonchev–Trinajstić information content (AvgIpc) is 2.79. The van der Waals surface area contributed by atoms with Gasteiger partial charge in [0, 0.05) is 5.69 Å². The third-order valence-corrected chi connectivity index (χ3v) is 3.48. The van der Waals surface area contributed by atoms with E-state index in [1.807, 2.05) is 58.2 Å². The van der Waals surface area contributed by atoms with Crippen molar-refractivity contribution in [1.29, 1.82) is 0 Å². The molecule has 2 rings (SSSR count). The van der Waals surface area contributed by atoms with Crippen molar-refractivity contribution < 1.29 is 14.1 Å². The number of nitrogens with one attached hydrogen (secondary N) is 2. The van der Waals surface area contributed by atoms with Gasteiger partial charge in [-0.15, -0.1) is 0 Å². The number of furan rings is 1. The molecule has 0 radical (unpaired) electrons. The maximum atomic E-state index is 12.2. The standard InChI is InChI=1S/C17H22N2O2/c1-12-6-5-7-13(2)17(12)18-16(20)11-19(4)10-15-9-8-14(3)21-15/h5-9H,10-11H2,1-4H3,(H,18,20)/p+1. The number of rotatable bonds is 5. The van der Waals surface area contributed by atoms with Gasteiger partial charge < -0.3 is 14.6 Å². The predicted octanol–water partition coefficient (Wildman–Crippen LogP) is 1.86. The van der Waals surface area contributed by atoms with Crippen molar-refractivity contribution in [2.45, 2.75) is 27.3 Å². The summed E-state index contributed by atoms with van der Waals surface area (Å²) in [6.07, 6.45) is 0. The maximum absolute atomic E-state index is 12.2. The third kappa shape index (κ3) is 4.20. The van der Waals surface area contributed by atoms with E-state index in [0.29, 0.717) is 13.1 Å². The van der Waals surface area contributed by atoms with Gasteiger partial charge in [0.05, 0.1) is 7.05 Å². The molecule has 2 aromatic rings. The highest BCUT2D eigenvalue weighted by atomic mass is 16.3. The van der Waals surface area contributed by atoms with Crippen LogP contribution >= 0.6 is 0 Å². The van der Waals surface area contributed by atoms with Crippen LogP contribution in [-0.2, 0) is 11.3 Å². The van der Waals surface area contributed by atoms with E-state index in [0.717, 1.165) is 33.2 Å². The lowest BCUT2D eigenvalue weighted by molar-refractivity contribution is -0.886. The average molecular weight is 287 g/mol. The number of aryl methyl sites for hydroxylation is 3. The number of carbonyl (C=O) groups excluding carboxylic acids is 1. The third-order valence-electron chi connectivity index (χ3n) is 3.48. The number of para-hydroxylation sites is 1. The van der Waals surface area contributed by atoms with E-state index in [4.69, 9.17) is 4.42 Å². The van der Waals surface area contributed by atoms with Crippen molar-refractivity contribution in [2.24, 2.45) is 0 Å². The van der Waals surface area contributed by atoms with Crippen molar-refractivity contribution in [3.63, 3.8) is 0 Å². The molecule has 1 amide bonds. The van der Waals surface area contributed by atoms with Gasteiger partial charge in [0.15, 0.2) is 12.3 Å². The molecule has 1 aromatic heterocycles. The van der Waals surface area contributed by atoms with E-state index >= 15 is 0 Å². The summed E-state index contributed by atoms with van der Waals surface area (Å²) in [7, 11) is 1.99. The lowest BCUT2D eigenvalue weighted by Gasteiger charge is -2.14. The Morgan fingerprint density at radius 3 is 2.38 bits per heavy atom. The second-order valence-electron chi connectivity index (χ2n) is 5.64. The highest BCUT2D eigenvalue weighted by Gasteiger charge is 2.14. The quantitative estimate of drug-likeness (QED) is 0.882. The first-order valence-corrected chi connectivity index (χ1v) is 7.18. The second-order valence-corrected chi connectivity index (χ2v) is 5.64. The van der Waals surface area contributed by atoms with Crippen molar-refractivity contribution in [1.82, 2.24) is 0 Å². The summed E-state index contributed by atoms with van der Waals surface area (Å²) >= 11 is 0. The lowest BCUT2D eigenvalue weighted by atomic mass is 10.1. The summed E-state index contributed by atoms with van der Waals surface area (Å²) in [5, 5.41) is 3.01. The monoisotopic (exact) mass is 287 g/mol. The van der Waals surface area contributed by atoms with Crippen LogP contribution in [0.15, 0.2) is 34.7 Å². The minimum absolute atomic E-state index is 0.0215. The number of benzene rings is 1. The molecule has 1 heterocycles. The zero-order chi connectivity index (χ0) is 15.4. The van der Waals surface area contributed by atoms with Crippen LogP contribution < -0.4 is 10.2 Å². The minimum Gasteiger partial charge on any atom is -0.460 e. The summed E-state index contributed by atoms with van der Waals surface area (Å²) < 4.78 is 5.54. The molecule has 4 heteroatoms. The Bertz CT molecular complexity index is 611. The van der Waals surface area contributed by atoms with Crippen LogP contribution in [0.5, 0.6) is 0 Å². The molecule has 21 heavy (non-hydrogen) atoms. The molecule has 112 valence electrons. The summed E-state index contributed by atoms with van der Waals surface area (Å²) in [5.41, 5.74) is 3.09. The first-order valence-electron chi connectivity index (χ1n) is 7.18. The van der Waals surface area contributed by atoms with Crippen LogP contribution in [0.25, 0.3) is 0 Å². The van der Waals surface area contributed by atoms with Crippen molar-refractivity contribution in [3.05, 3.63) is 53.0 Å². The zero-order valence-electron chi connectivity index (χ0n) is 13.1. The summed E-state index contributed by atoms with van der Waals surface area (Å²) in [5.74, 6) is 1.83. The molecule has 0 saturated heterocycles. The van der Waals surface area contributed by atoms with Crippen molar-refractivity contribution in [3.8, 4) is 0 Å². The summed E-state index contributed by atoms with van der Waals surface area (Å²) in [6.45, 7) is 7.05. The van der Waals surface area contributed by atoms with Gasteiger partial charge in [-0.25, -0.2) is 0 Å². The largest absolute Gasteiger partial charge is 0.460 e. The molecule has 1 aromatic carbocycles. The number of likely N-dealkylation sites (N-methyl/N-ethyl adjacent to an activating group) is 1. The molecule has 4 nitrogen and oxygen atoms in total. The fourth-order valence-corrected chi connectivity index (χ4v) is 2.41. The number of hydrogen-bond donors (Lipinski definition) is 2. The molecule has 0 aliphatic heterocycles. The van der Waals surface area contributed by atoms with Gasteiger partial charge in [0.2, 0.25) is 0 Å². The van der Waals surface area contributed by atoms with Crippen LogP contribution in [0, 0.1) is 20.8 Å². The predicted molar refractivity (Wildman–Crippen MR) is 83.4 cm³/mol. The Hall–Kier alpha value is -2.07. The van der Waals surface area contributed by atoms with Crippen LogP contribution in [0.4, 0.5) is 5.69 Å². The molecular weight excluding hydrogens is 264 g/mol. The topological polar surface area (TPSA) is 46.7 Å². The van der Waals surface area contributed by atoms with E-state index in [1.54, 1.807) is 0 Å². The molecule has 0 fully saturated rings. The van der Waals surface area contributed by atoms with Crippen LogP contribution in [0.2, 0.25) is 0 Å². The van der Waals surface area contributed by atoms with Crippen molar-refractivity contribution >= 4 is 11.6 Å². The van der Waals surface area contributed by atoms with Gasteiger partial charge in [-0.05, 0) is 44.0 Å². The number of anilines is 1. The minimum atomic E-state index is 0.0215. The molecule has 0 saturated carbocycles. The molecule has 1 atom stereocenters. The van der Waals surface area contributed by atoms with E-state index in [-0.39, 0.29) is 5.91 Å². The van der Waals surface area contributed by atoms with Gasteiger partial charge in [-0.2, -0.15) is 0 Å². The molecule has 0 bridgehead atoms. The molecule has 0 spiro atoms. The van der Waals surface area contributed by atoms with E-state index in [2.05, 4.69) is 5.32 Å². The number of carbonyl (C=O) groups is 1. The number of hydrogen-bond acceptors (Lipinski definition) is 2. The smallest absolute Gasteiger partial charge is 0.279 e. The van der Waals surface area contributed by atoms with Crippen LogP contribution in [0.1, 0.15) is 22.6 Å². The highest BCUT2D eigenvalue weighted by molar-refractivity contribution is 5.93. The first kappa shape index (κ1) is 15.3. The van der Waals surface area contributed by atoms with E-state index < -0.39 is 0 Å². The fourth-order valence-electron chi connectivity index (χ4n) is 2.41.